The van der Waals surface area contributed by atoms with E-state index in [0.717, 1.165) is 12.3 Å². The van der Waals surface area contributed by atoms with Crippen molar-refractivity contribution in [1.29, 1.82) is 0 Å². The topological polar surface area (TPSA) is 12.0 Å². The average molecular weight is 251 g/mol. The minimum absolute atomic E-state index is 0.0454. The van der Waals surface area contributed by atoms with Crippen molar-refractivity contribution in [3.05, 3.63) is 35.4 Å². The fraction of sp³-hybridized carbons (Fsp3) is 0.600. The van der Waals surface area contributed by atoms with Gasteiger partial charge in [-0.1, -0.05) is 18.6 Å². The first-order valence-corrected chi connectivity index (χ1v) is 6.82. The third-order valence-corrected chi connectivity index (χ3v) is 4.85. The summed E-state index contributed by atoms with van der Waals surface area (Å²) in [7, 11) is 1.85. The molecule has 1 aromatic carbocycles. The average Bonchev–Trinajstić information content (AvgIpc) is 2.98. The Balaban J connectivity index is 1.90. The number of halogens is 2. The SMILES string of the molecule is CNC(c1cccc(F)c1F)C1CC2CCC1C2. The van der Waals surface area contributed by atoms with Crippen LogP contribution < -0.4 is 5.32 Å². The quantitative estimate of drug-likeness (QED) is 0.864. The van der Waals surface area contributed by atoms with E-state index in [9.17, 15) is 8.78 Å². The van der Waals surface area contributed by atoms with Crippen LogP contribution in [0, 0.1) is 29.4 Å². The van der Waals surface area contributed by atoms with Crippen molar-refractivity contribution in [3.63, 3.8) is 0 Å². The van der Waals surface area contributed by atoms with E-state index in [1.165, 1.54) is 25.3 Å². The van der Waals surface area contributed by atoms with Crippen molar-refractivity contribution in [1.82, 2.24) is 5.32 Å². The summed E-state index contributed by atoms with van der Waals surface area (Å²) in [6, 6.07) is 4.46. The molecule has 1 nitrogen and oxygen atoms in total. The summed E-state index contributed by atoms with van der Waals surface area (Å²) in [5, 5.41) is 3.21. The summed E-state index contributed by atoms with van der Waals surface area (Å²) in [5.74, 6) is 0.545. The Labute approximate surface area is 107 Å². The van der Waals surface area contributed by atoms with E-state index in [4.69, 9.17) is 0 Å². The van der Waals surface area contributed by atoms with Gasteiger partial charge in [0, 0.05) is 11.6 Å². The van der Waals surface area contributed by atoms with Gasteiger partial charge in [-0.3, -0.25) is 0 Å². The van der Waals surface area contributed by atoms with Crippen LogP contribution in [0.5, 0.6) is 0 Å². The lowest BCUT2D eigenvalue weighted by atomic mass is 9.80. The molecule has 0 aromatic heterocycles. The van der Waals surface area contributed by atoms with Crippen molar-refractivity contribution >= 4 is 0 Å². The van der Waals surface area contributed by atoms with Crippen molar-refractivity contribution in [2.75, 3.05) is 7.05 Å². The maximum absolute atomic E-state index is 13.9. The number of rotatable bonds is 3. The second kappa shape index (κ2) is 4.61. The zero-order valence-corrected chi connectivity index (χ0v) is 10.6. The van der Waals surface area contributed by atoms with Gasteiger partial charge in [0.1, 0.15) is 0 Å². The first kappa shape index (κ1) is 12.1. The largest absolute Gasteiger partial charge is 0.313 e. The molecule has 0 saturated heterocycles. The summed E-state index contributed by atoms with van der Waals surface area (Å²) in [5.41, 5.74) is 0.495. The van der Waals surface area contributed by atoms with Crippen LogP contribution in [0.1, 0.15) is 37.3 Å². The van der Waals surface area contributed by atoms with Gasteiger partial charge in [-0.2, -0.15) is 0 Å². The molecule has 2 bridgehead atoms. The zero-order valence-electron chi connectivity index (χ0n) is 10.6. The molecule has 0 radical (unpaired) electrons. The van der Waals surface area contributed by atoms with Gasteiger partial charge in [-0.15, -0.1) is 0 Å². The molecule has 2 aliphatic rings. The third kappa shape index (κ3) is 1.85. The lowest BCUT2D eigenvalue weighted by Gasteiger charge is -2.31. The molecule has 1 aromatic rings. The van der Waals surface area contributed by atoms with Gasteiger partial charge in [0.25, 0.3) is 0 Å². The fourth-order valence-electron chi connectivity index (χ4n) is 4.06. The molecule has 1 N–H and O–H groups in total. The van der Waals surface area contributed by atoms with Crippen molar-refractivity contribution < 1.29 is 8.78 Å². The predicted octanol–water partition coefficient (Wildman–Crippen LogP) is 3.66. The van der Waals surface area contributed by atoms with E-state index >= 15 is 0 Å². The Morgan fingerprint density at radius 2 is 2.06 bits per heavy atom. The fourth-order valence-corrected chi connectivity index (χ4v) is 4.06. The molecular weight excluding hydrogens is 232 g/mol. The third-order valence-electron chi connectivity index (χ3n) is 4.85. The van der Waals surface area contributed by atoms with Gasteiger partial charge >= 0.3 is 0 Å². The van der Waals surface area contributed by atoms with E-state index in [1.54, 1.807) is 12.1 Å². The molecule has 4 unspecified atom stereocenters. The van der Waals surface area contributed by atoms with Gasteiger partial charge in [-0.05, 0) is 50.1 Å². The van der Waals surface area contributed by atoms with Crippen LogP contribution >= 0.6 is 0 Å². The molecule has 2 fully saturated rings. The molecule has 0 aliphatic heterocycles. The van der Waals surface area contributed by atoms with Crippen LogP contribution in [0.4, 0.5) is 8.78 Å². The number of benzene rings is 1. The highest BCUT2D eigenvalue weighted by atomic mass is 19.2. The van der Waals surface area contributed by atoms with Crippen LogP contribution in [0.2, 0.25) is 0 Å². The smallest absolute Gasteiger partial charge is 0.163 e. The van der Waals surface area contributed by atoms with E-state index in [1.807, 2.05) is 7.05 Å². The Morgan fingerprint density at radius 1 is 1.22 bits per heavy atom. The Kier molecular flexibility index (Phi) is 3.10. The minimum atomic E-state index is -0.740. The molecule has 3 heteroatoms. The highest BCUT2D eigenvalue weighted by Gasteiger charge is 2.43. The molecular formula is C15H19F2N. The normalized spacial score (nSPS) is 31.8. The first-order valence-electron chi connectivity index (χ1n) is 6.82. The summed E-state index contributed by atoms with van der Waals surface area (Å²) in [6.45, 7) is 0. The second-order valence-electron chi connectivity index (χ2n) is 5.75. The first-order chi connectivity index (χ1) is 8.70. The van der Waals surface area contributed by atoms with Crippen LogP contribution in [-0.4, -0.2) is 7.05 Å². The summed E-state index contributed by atoms with van der Waals surface area (Å²) >= 11 is 0. The molecule has 2 aliphatic carbocycles. The highest BCUT2D eigenvalue weighted by molar-refractivity contribution is 5.24. The Hall–Kier alpha value is -0.960. The lowest BCUT2D eigenvalue weighted by molar-refractivity contribution is 0.254. The van der Waals surface area contributed by atoms with Crippen molar-refractivity contribution in [3.8, 4) is 0 Å². The number of hydrogen-bond donors (Lipinski definition) is 1. The van der Waals surface area contributed by atoms with Crippen molar-refractivity contribution in [2.45, 2.75) is 31.7 Å². The molecule has 0 heterocycles. The maximum atomic E-state index is 13.9. The van der Waals surface area contributed by atoms with Gasteiger partial charge in [0.05, 0.1) is 0 Å². The molecule has 4 atom stereocenters. The maximum Gasteiger partial charge on any atom is 0.163 e. The second-order valence-corrected chi connectivity index (χ2v) is 5.75. The number of hydrogen-bond acceptors (Lipinski definition) is 1. The number of nitrogens with one attached hydrogen (secondary N) is 1. The van der Waals surface area contributed by atoms with E-state index in [2.05, 4.69) is 5.32 Å². The van der Waals surface area contributed by atoms with Gasteiger partial charge in [-0.25, -0.2) is 8.78 Å². The van der Waals surface area contributed by atoms with Crippen molar-refractivity contribution in [2.24, 2.45) is 17.8 Å². The molecule has 98 valence electrons. The van der Waals surface area contributed by atoms with Crippen LogP contribution in [0.15, 0.2) is 18.2 Å². The number of fused-ring (bicyclic) bond motifs is 2. The van der Waals surface area contributed by atoms with Gasteiger partial charge < -0.3 is 5.32 Å². The van der Waals surface area contributed by atoms with Crippen LogP contribution in [0.3, 0.4) is 0 Å². The summed E-state index contributed by atoms with van der Waals surface area (Å²) < 4.78 is 27.3. The van der Waals surface area contributed by atoms with Gasteiger partial charge in [0.2, 0.25) is 0 Å². The van der Waals surface area contributed by atoms with E-state index < -0.39 is 11.6 Å². The lowest BCUT2D eigenvalue weighted by Crippen LogP contribution is -2.29. The van der Waals surface area contributed by atoms with Gasteiger partial charge in [0.15, 0.2) is 11.6 Å². The van der Waals surface area contributed by atoms with Crippen LogP contribution in [0.25, 0.3) is 0 Å². The Morgan fingerprint density at radius 3 is 2.67 bits per heavy atom. The summed E-state index contributed by atoms with van der Waals surface area (Å²) in [4.78, 5) is 0. The van der Waals surface area contributed by atoms with Crippen LogP contribution in [-0.2, 0) is 0 Å². The highest BCUT2D eigenvalue weighted by Crippen LogP contribution is 2.52. The molecule has 0 amide bonds. The molecule has 2 saturated carbocycles. The minimum Gasteiger partial charge on any atom is -0.313 e. The standard InChI is InChI=1S/C15H19F2N/c1-18-15(11-3-2-4-13(16)14(11)17)12-8-9-5-6-10(12)7-9/h2-4,9-10,12,15,18H,5-8H2,1H3. The zero-order chi connectivity index (χ0) is 12.7. The molecule has 3 rings (SSSR count). The predicted molar refractivity (Wildman–Crippen MR) is 67.1 cm³/mol. The van der Waals surface area contributed by atoms with E-state index in [0.29, 0.717) is 17.4 Å². The monoisotopic (exact) mass is 251 g/mol. The van der Waals surface area contributed by atoms with E-state index in [-0.39, 0.29) is 6.04 Å². The Bertz CT molecular complexity index is 446. The molecule has 18 heavy (non-hydrogen) atoms. The summed E-state index contributed by atoms with van der Waals surface area (Å²) in [6.07, 6.45) is 5.01. The molecule has 0 spiro atoms.